The van der Waals surface area contributed by atoms with E-state index in [1.807, 2.05) is 12.1 Å². The first-order valence-electron chi connectivity index (χ1n) is 8.96. The fourth-order valence-electron chi connectivity index (χ4n) is 3.09. The normalized spacial score (nSPS) is 16.0. The Morgan fingerprint density at radius 3 is 2.93 bits per heavy atom. The Balaban J connectivity index is 1.44. The number of aromatic nitrogens is 3. The number of hydrogen-bond donors (Lipinski definition) is 1. The number of para-hydroxylation sites is 2. The number of likely N-dealkylation sites (N-methyl/N-ethyl adjacent to an activating group) is 1. The number of hydrogen-bond acceptors (Lipinski definition) is 5. The van der Waals surface area contributed by atoms with Gasteiger partial charge in [0, 0.05) is 7.05 Å². The van der Waals surface area contributed by atoms with Crippen molar-refractivity contribution in [1.82, 2.24) is 20.3 Å². The predicted molar refractivity (Wildman–Crippen MR) is 102 cm³/mol. The molecule has 1 aliphatic heterocycles. The van der Waals surface area contributed by atoms with Gasteiger partial charge in [0.15, 0.2) is 5.69 Å². The topological polar surface area (TPSA) is 89.4 Å². The number of halogens is 1. The Morgan fingerprint density at radius 1 is 1.28 bits per heavy atom. The molecule has 0 bridgehead atoms. The highest BCUT2D eigenvalue weighted by atomic mass is 19.1. The summed E-state index contributed by atoms with van der Waals surface area (Å²) in [4.78, 5) is 26.7. The van der Waals surface area contributed by atoms with Gasteiger partial charge in [0.1, 0.15) is 24.2 Å². The summed E-state index contributed by atoms with van der Waals surface area (Å²) in [7, 11) is 1.63. The Morgan fingerprint density at radius 2 is 2.10 bits per heavy atom. The van der Waals surface area contributed by atoms with E-state index in [-0.39, 0.29) is 30.6 Å². The fourth-order valence-corrected chi connectivity index (χ4v) is 3.09. The highest BCUT2D eigenvalue weighted by Crippen LogP contribution is 2.29. The van der Waals surface area contributed by atoms with Gasteiger partial charge in [0.25, 0.3) is 11.8 Å². The minimum atomic E-state index is -0.867. The van der Waals surface area contributed by atoms with E-state index in [4.69, 9.17) is 4.74 Å². The molecular weight excluding hydrogens is 377 g/mol. The number of benzene rings is 2. The first kappa shape index (κ1) is 18.6. The molecule has 3 aromatic rings. The summed E-state index contributed by atoms with van der Waals surface area (Å²) in [6, 6.07) is 12.4. The lowest BCUT2D eigenvalue weighted by Crippen LogP contribution is -2.49. The quantitative estimate of drug-likeness (QED) is 0.725. The zero-order valence-electron chi connectivity index (χ0n) is 15.6. The van der Waals surface area contributed by atoms with Crippen LogP contribution in [0.15, 0.2) is 54.7 Å². The number of ether oxygens (including phenoxy) is 1. The van der Waals surface area contributed by atoms with Crippen molar-refractivity contribution in [2.45, 2.75) is 12.6 Å². The Kier molecular flexibility index (Phi) is 4.94. The molecule has 1 atom stereocenters. The fraction of sp³-hybridized carbons (Fsp3) is 0.200. The maximum Gasteiger partial charge on any atom is 0.274 e. The molecule has 0 spiro atoms. The Bertz CT molecular complexity index is 1070. The van der Waals surface area contributed by atoms with Crippen molar-refractivity contribution in [3.8, 4) is 5.75 Å². The molecule has 9 heteroatoms. The second-order valence-electron chi connectivity index (χ2n) is 6.63. The van der Waals surface area contributed by atoms with Gasteiger partial charge in [-0.1, -0.05) is 29.5 Å². The van der Waals surface area contributed by atoms with Gasteiger partial charge >= 0.3 is 0 Å². The highest BCUT2D eigenvalue weighted by Gasteiger charge is 2.31. The largest absolute Gasteiger partial charge is 0.489 e. The Hall–Kier alpha value is -3.75. The van der Waals surface area contributed by atoms with Crippen molar-refractivity contribution in [3.05, 3.63) is 71.8 Å². The van der Waals surface area contributed by atoms with E-state index in [0.717, 1.165) is 0 Å². The summed E-state index contributed by atoms with van der Waals surface area (Å²) in [5, 5.41) is 10.4. The third-order valence-electron chi connectivity index (χ3n) is 4.57. The summed E-state index contributed by atoms with van der Waals surface area (Å²) < 4.78 is 20.4. The highest BCUT2D eigenvalue weighted by molar-refractivity contribution is 6.02. The smallest absolute Gasteiger partial charge is 0.274 e. The molecule has 0 unspecified atom stereocenters. The average Bonchev–Trinajstić information content (AvgIpc) is 3.14. The van der Waals surface area contributed by atoms with Crippen LogP contribution >= 0.6 is 0 Å². The van der Waals surface area contributed by atoms with E-state index in [1.165, 1.54) is 27.9 Å². The summed E-state index contributed by atoms with van der Waals surface area (Å²) in [6.45, 7) is 0.269. The van der Waals surface area contributed by atoms with Gasteiger partial charge in [-0.3, -0.25) is 9.59 Å². The van der Waals surface area contributed by atoms with Crippen molar-refractivity contribution in [2.75, 3.05) is 18.6 Å². The van der Waals surface area contributed by atoms with E-state index in [2.05, 4.69) is 15.6 Å². The van der Waals surface area contributed by atoms with Crippen LogP contribution in [0, 0.1) is 5.82 Å². The van der Waals surface area contributed by atoms with Crippen LogP contribution in [0.2, 0.25) is 0 Å². The van der Waals surface area contributed by atoms with Crippen LogP contribution in [0.5, 0.6) is 5.75 Å². The second-order valence-corrected chi connectivity index (χ2v) is 6.63. The van der Waals surface area contributed by atoms with Crippen LogP contribution in [0.25, 0.3) is 0 Å². The molecule has 0 saturated carbocycles. The van der Waals surface area contributed by atoms with Crippen molar-refractivity contribution in [1.29, 1.82) is 0 Å². The number of fused-ring (bicyclic) bond motifs is 1. The van der Waals surface area contributed by atoms with Crippen LogP contribution in [-0.4, -0.2) is 46.5 Å². The maximum atomic E-state index is 13.3. The molecule has 0 radical (unpaired) electrons. The summed E-state index contributed by atoms with van der Waals surface area (Å²) in [6.07, 6.45) is 1.45. The molecule has 0 saturated heterocycles. The van der Waals surface area contributed by atoms with Crippen molar-refractivity contribution >= 4 is 17.5 Å². The molecule has 1 N–H and O–H groups in total. The zero-order valence-corrected chi connectivity index (χ0v) is 15.6. The lowest BCUT2D eigenvalue weighted by Gasteiger charge is -2.19. The lowest BCUT2D eigenvalue weighted by molar-refractivity contribution is -0.120. The molecule has 2 aromatic carbocycles. The van der Waals surface area contributed by atoms with E-state index in [1.54, 1.807) is 31.3 Å². The number of nitrogens with one attached hydrogen (secondary N) is 1. The lowest BCUT2D eigenvalue weighted by atomic mass is 10.2. The van der Waals surface area contributed by atoms with Gasteiger partial charge in [-0.2, -0.15) is 0 Å². The number of carbonyl (C=O) groups excluding carboxylic acids is 2. The molecular formula is C20H18FN5O3. The van der Waals surface area contributed by atoms with Crippen LogP contribution < -0.4 is 15.0 Å². The van der Waals surface area contributed by atoms with Crippen molar-refractivity contribution in [3.63, 3.8) is 0 Å². The monoisotopic (exact) mass is 395 g/mol. The van der Waals surface area contributed by atoms with E-state index in [0.29, 0.717) is 17.0 Å². The molecule has 0 aliphatic carbocycles. The second kappa shape index (κ2) is 7.70. The van der Waals surface area contributed by atoms with E-state index in [9.17, 15) is 14.0 Å². The molecule has 2 amide bonds. The number of nitrogens with zero attached hydrogens (tertiary/aromatic N) is 4. The van der Waals surface area contributed by atoms with Crippen LogP contribution in [-0.2, 0) is 11.3 Å². The summed E-state index contributed by atoms with van der Waals surface area (Å²) in [5.41, 5.74) is 1.38. The maximum absolute atomic E-state index is 13.3. The molecule has 4 rings (SSSR count). The van der Waals surface area contributed by atoms with Gasteiger partial charge in [0.05, 0.1) is 18.4 Å². The minimum absolute atomic E-state index is 0.00333. The van der Waals surface area contributed by atoms with Gasteiger partial charge in [-0.15, -0.1) is 5.10 Å². The van der Waals surface area contributed by atoms with Gasteiger partial charge < -0.3 is 15.0 Å². The van der Waals surface area contributed by atoms with Gasteiger partial charge in [-0.25, -0.2) is 9.07 Å². The van der Waals surface area contributed by atoms with Crippen molar-refractivity contribution < 1.29 is 18.7 Å². The molecule has 8 nitrogen and oxygen atoms in total. The average molecular weight is 395 g/mol. The standard InChI is InChI=1S/C20H18FN5O3/c1-25-17-7-2-3-8-18(17)29-12-16(20(25)28)22-19(27)15-11-26(24-23-15)10-13-5-4-6-14(21)9-13/h2-9,11,16H,10,12H2,1H3,(H,22,27)/t16-/m1/s1. The number of amides is 2. The van der Waals surface area contributed by atoms with E-state index >= 15 is 0 Å². The van der Waals surface area contributed by atoms with Crippen LogP contribution in [0.4, 0.5) is 10.1 Å². The van der Waals surface area contributed by atoms with Crippen LogP contribution in [0.1, 0.15) is 16.1 Å². The first-order valence-corrected chi connectivity index (χ1v) is 8.96. The van der Waals surface area contributed by atoms with Crippen molar-refractivity contribution in [2.24, 2.45) is 0 Å². The van der Waals surface area contributed by atoms with E-state index < -0.39 is 11.9 Å². The Labute approximate surface area is 165 Å². The third-order valence-corrected chi connectivity index (χ3v) is 4.57. The number of carbonyl (C=O) groups is 2. The third kappa shape index (κ3) is 3.93. The van der Waals surface area contributed by atoms with Crippen LogP contribution in [0.3, 0.4) is 0 Å². The summed E-state index contributed by atoms with van der Waals surface area (Å²) in [5.74, 6) is -0.619. The SMILES string of the molecule is CN1C(=O)[C@H](NC(=O)c2cn(Cc3cccc(F)c3)nn2)COc2ccccc21. The summed E-state index contributed by atoms with van der Waals surface area (Å²) >= 11 is 0. The first-order chi connectivity index (χ1) is 14.0. The zero-order chi connectivity index (χ0) is 20.4. The molecule has 1 aliphatic rings. The van der Waals surface area contributed by atoms with Gasteiger partial charge in [-0.05, 0) is 29.8 Å². The minimum Gasteiger partial charge on any atom is -0.489 e. The molecule has 148 valence electrons. The molecule has 0 fully saturated rings. The molecule has 1 aromatic heterocycles. The number of anilines is 1. The molecule has 2 heterocycles. The number of rotatable bonds is 4. The van der Waals surface area contributed by atoms with Gasteiger partial charge in [0.2, 0.25) is 0 Å². The molecule has 29 heavy (non-hydrogen) atoms. The predicted octanol–water partition coefficient (Wildman–Crippen LogP) is 1.62.